The molecule has 12 aromatic rings. The molecule has 3 aliphatic rings. The van der Waals surface area contributed by atoms with Crippen molar-refractivity contribution < 1.29 is 53.7 Å². The Labute approximate surface area is 667 Å². The predicted octanol–water partition coefficient (Wildman–Crippen LogP) is 28.8. The standard InChI is InChI=1S/C12H9F3.C12H10F2.C12H11F.C12H12.C8H8F2.C8H9F.C8H16.C8H10.C7H14O.C6H8N2.C6H12O2/c1-6-3-8-5-9(13)7(2)12(15)11(8)10(14)4-6;1-7-3-4-10-9(5-7)6-11(13)8(2)12(10)14;1-8-3-6-11-10(7-8)5-4-9(2)12(11)13;1-9-3-5-12-8-10(2)4-6-11(12)7-9;1-5-3-7(9)6(2)8(10)4-5;1-6-3-4-7(2)8(9)5-6;2*1-7-3-5-8(2)6-4-7;1-6-3-4-7(2)8-5-6;2*1-5-3-7-6(2)8-4-5/h3-5H,1-2H3;3-6H,1-2H3;3-7H,1-2H3;3-8H,1-2H3;3-4H,1-2H3;3-5H,1-2H3;7-8H,3-6H2,1-2H3;3-6H,1-2H3;6-7H,3-5H2,1-2H3;3-4H,1-2H3;5-6H,3-4H2,1-2H3. The van der Waals surface area contributed by atoms with Gasteiger partial charge in [-0.15, -0.1) is 0 Å². The predicted molar refractivity (Wildman–Crippen MR) is 454 cm³/mol. The maximum atomic E-state index is 13.6. The van der Waals surface area contributed by atoms with Gasteiger partial charge in [0.1, 0.15) is 58.2 Å². The molecule has 2 unspecified atom stereocenters. The summed E-state index contributed by atoms with van der Waals surface area (Å²) in [4.78, 5) is 7.94. The number of ether oxygens (including phenoxy) is 3. The summed E-state index contributed by atoms with van der Waals surface area (Å²) in [6.07, 6.45) is 12.6. The Morgan fingerprint density at radius 3 is 1.07 bits per heavy atom. The number of halogens is 9. The molecule has 14 heteroatoms. The van der Waals surface area contributed by atoms with Gasteiger partial charge in [-0.05, 0) is 252 Å². The first kappa shape index (κ1) is 94.4. The van der Waals surface area contributed by atoms with E-state index in [-0.39, 0.29) is 45.4 Å². The van der Waals surface area contributed by atoms with E-state index in [4.69, 9.17) is 14.2 Å². The van der Waals surface area contributed by atoms with Crippen LogP contribution in [0, 0.1) is 187 Å². The Morgan fingerprint density at radius 2 is 0.619 bits per heavy atom. The van der Waals surface area contributed by atoms with E-state index in [0.717, 1.165) is 77.1 Å². The Balaban J connectivity index is 0.000000224. The molecular formula is C99H119F9N2O3. The minimum absolute atomic E-state index is 0.0196. The van der Waals surface area contributed by atoms with Gasteiger partial charge in [0.15, 0.2) is 6.29 Å². The summed E-state index contributed by atoms with van der Waals surface area (Å²) in [6.45, 7) is 45.0. The number of aromatic nitrogens is 2. The van der Waals surface area contributed by atoms with E-state index >= 15 is 0 Å². The minimum Gasteiger partial charge on any atom is -0.378 e. The van der Waals surface area contributed by atoms with Gasteiger partial charge in [-0.25, -0.2) is 49.5 Å². The molecule has 3 heterocycles. The third kappa shape index (κ3) is 32.7. The van der Waals surface area contributed by atoms with Gasteiger partial charge in [0.2, 0.25) is 0 Å². The van der Waals surface area contributed by atoms with E-state index in [1.54, 1.807) is 52.0 Å². The Morgan fingerprint density at radius 1 is 0.265 bits per heavy atom. The fraction of sp³-hybridized carbons (Fsp3) is 0.374. The summed E-state index contributed by atoms with van der Waals surface area (Å²) in [6, 6.07) is 49.6. The van der Waals surface area contributed by atoms with Crippen molar-refractivity contribution in [1.82, 2.24) is 9.97 Å². The fourth-order valence-electron chi connectivity index (χ4n) is 11.9. The van der Waals surface area contributed by atoms with Crippen LogP contribution in [-0.2, 0) is 14.2 Å². The number of hydrogen-bond donors (Lipinski definition) is 0. The highest BCUT2D eigenvalue weighted by Gasteiger charge is 2.18. The lowest BCUT2D eigenvalue weighted by molar-refractivity contribution is -0.187. The first-order valence-electron chi connectivity index (χ1n) is 39.1. The molecule has 1 saturated carbocycles. The van der Waals surface area contributed by atoms with Gasteiger partial charge in [0, 0.05) is 52.4 Å². The fourth-order valence-corrected chi connectivity index (χ4v) is 11.9. The normalized spacial score (nSPS) is 16.6. The lowest BCUT2D eigenvalue weighted by atomic mass is 9.84. The molecule has 2 aliphatic heterocycles. The molecule has 0 N–H and O–H groups in total. The van der Waals surface area contributed by atoms with Crippen LogP contribution in [0.25, 0.3) is 43.1 Å². The first-order valence-corrected chi connectivity index (χ1v) is 39.1. The van der Waals surface area contributed by atoms with Gasteiger partial charge < -0.3 is 14.2 Å². The summed E-state index contributed by atoms with van der Waals surface area (Å²) in [5, 5.41) is 5.57. The third-order valence-corrected chi connectivity index (χ3v) is 19.5. The summed E-state index contributed by atoms with van der Waals surface area (Å²) >= 11 is 0. The molecule has 3 fully saturated rings. The molecule has 15 rings (SSSR count). The molecule has 1 aromatic heterocycles. The molecule has 1 aliphatic carbocycles. The largest absolute Gasteiger partial charge is 0.378 e. The van der Waals surface area contributed by atoms with Crippen molar-refractivity contribution in [3.8, 4) is 0 Å². The zero-order valence-corrected chi connectivity index (χ0v) is 70.6. The van der Waals surface area contributed by atoms with Crippen molar-refractivity contribution in [2.75, 3.05) is 19.8 Å². The molecule has 0 spiro atoms. The maximum Gasteiger partial charge on any atom is 0.154 e. The highest BCUT2D eigenvalue weighted by molar-refractivity contribution is 5.87. The van der Waals surface area contributed by atoms with Crippen molar-refractivity contribution in [3.63, 3.8) is 0 Å². The molecule has 5 nitrogen and oxygen atoms in total. The van der Waals surface area contributed by atoms with Crippen molar-refractivity contribution in [2.45, 2.75) is 203 Å². The van der Waals surface area contributed by atoms with Gasteiger partial charge in [-0.2, -0.15) is 0 Å². The Hall–Kier alpha value is -9.21. The van der Waals surface area contributed by atoms with Crippen LogP contribution in [0.2, 0.25) is 0 Å². The molecule has 0 amide bonds. The van der Waals surface area contributed by atoms with E-state index in [1.807, 2.05) is 96.4 Å². The van der Waals surface area contributed by atoms with Crippen LogP contribution >= 0.6 is 0 Å². The summed E-state index contributed by atoms with van der Waals surface area (Å²) in [5.41, 5.74) is 12.2. The van der Waals surface area contributed by atoms with Crippen molar-refractivity contribution in [3.05, 3.63) is 318 Å². The number of fused-ring (bicyclic) bond motifs is 4. The second-order valence-corrected chi connectivity index (χ2v) is 31.0. The molecule has 2 atom stereocenters. The molecule has 2 saturated heterocycles. The highest BCUT2D eigenvalue weighted by atomic mass is 19.2. The molecule has 0 bridgehead atoms. The number of rotatable bonds is 0. The summed E-state index contributed by atoms with van der Waals surface area (Å²) in [5.74, 6) is 0.0200. The maximum absolute atomic E-state index is 13.6. The zero-order valence-electron chi connectivity index (χ0n) is 70.6. The topological polar surface area (TPSA) is 53.5 Å². The quantitative estimate of drug-likeness (QED) is 0.142. The SMILES string of the molecule is CC1CCC(C)CC1.CC1CCC(C)OC1.CC1COC(C)OC1.Cc1cc(F)c(C)c(F)c1.Cc1cc(F)c2c(F)c(C)c(F)cc2c1.Cc1ccc(C)c(F)c1.Cc1ccc(C)cc1.Cc1ccc2c(F)c(C)c(F)cc2c1.Cc1ccc2c(F)c(C)ccc2c1.Cc1ccc2cc(C)ccc2c1.Cc1cnc(C)nc1. The molecular weight excluding hydrogens is 1440 g/mol. The van der Waals surface area contributed by atoms with Crippen LogP contribution in [-0.4, -0.2) is 42.2 Å². The van der Waals surface area contributed by atoms with Crippen LogP contribution in [0.1, 0.15) is 169 Å². The third-order valence-electron chi connectivity index (χ3n) is 19.5. The summed E-state index contributed by atoms with van der Waals surface area (Å²) in [7, 11) is 0. The van der Waals surface area contributed by atoms with Gasteiger partial charge in [-0.3, -0.25) is 0 Å². The Kier molecular flexibility index (Phi) is 39.1. The van der Waals surface area contributed by atoms with Crippen LogP contribution in [0.5, 0.6) is 0 Å². The zero-order chi connectivity index (χ0) is 83.9. The van der Waals surface area contributed by atoms with E-state index in [2.05, 4.69) is 133 Å². The second kappa shape index (κ2) is 46.8. The van der Waals surface area contributed by atoms with Crippen molar-refractivity contribution in [2.24, 2.45) is 23.7 Å². The lowest BCUT2D eigenvalue weighted by Gasteiger charge is -2.24. The molecule has 113 heavy (non-hydrogen) atoms. The monoisotopic (exact) mass is 1550 g/mol. The molecule has 0 radical (unpaired) electrons. The molecule has 11 aromatic carbocycles. The van der Waals surface area contributed by atoms with Crippen LogP contribution < -0.4 is 0 Å². The average Bonchev–Trinajstić information content (AvgIpc) is 0.743. The second-order valence-electron chi connectivity index (χ2n) is 31.0. The van der Waals surface area contributed by atoms with Crippen molar-refractivity contribution >= 4 is 43.1 Å². The van der Waals surface area contributed by atoms with Gasteiger partial charge in [0.25, 0.3) is 0 Å². The van der Waals surface area contributed by atoms with E-state index in [0.29, 0.717) is 50.4 Å². The Bertz CT molecular complexity index is 4720. The van der Waals surface area contributed by atoms with Crippen LogP contribution in [0.4, 0.5) is 39.5 Å². The first-order chi connectivity index (χ1) is 53.3. The number of benzene rings is 11. The van der Waals surface area contributed by atoms with Crippen LogP contribution in [0.15, 0.2) is 176 Å². The lowest BCUT2D eigenvalue weighted by Crippen LogP contribution is -2.27. The summed E-state index contributed by atoms with van der Waals surface area (Å²) < 4.78 is 134. The van der Waals surface area contributed by atoms with Gasteiger partial charge in [0.05, 0.1) is 24.7 Å². The highest BCUT2D eigenvalue weighted by Crippen LogP contribution is 2.30. The molecule has 606 valence electrons. The number of hydrogen-bond acceptors (Lipinski definition) is 5. The average molecular weight is 1560 g/mol. The van der Waals surface area contributed by atoms with E-state index < -0.39 is 40.7 Å². The van der Waals surface area contributed by atoms with Gasteiger partial charge in [-0.1, -0.05) is 214 Å². The van der Waals surface area contributed by atoms with Gasteiger partial charge >= 0.3 is 0 Å². The smallest absolute Gasteiger partial charge is 0.154 e. The van der Waals surface area contributed by atoms with Crippen LogP contribution in [0.3, 0.4) is 0 Å². The van der Waals surface area contributed by atoms with Crippen molar-refractivity contribution in [1.29, 1.82) is 0 Å². The number of nitrogens with zero attached hydrogens (tertiary/aromatic N) is 2. The minimum atomic E-state index is -0.817. The number of aryl methyl sites for hydroxylation is 13. The van der Waals surface area contributed by atoms with E-state index in [9.17, 15) is 39.5 Å². The van der Waals surface area contributed by atoms with E-state index in [1.165, 1.54) is 123 Å².